The zero-order valence-corrected chi connectivity index (χ0v) is 26.4. The van der Waals surface area contributed by atoms with Gasteiger partial charge in [-0.15, -0.1) is 24.9 Å². The molecule has 11 heteroatoms. The highest BCUT2D eigenvalue weighted by Gasteiger charge is 2.76. The Hall–Kier alpha value is -1.40. The van der Waals surface area contributed by atoms with Gasteiger partial charge in [0.05, 0.1) is 42.4 Å². The minimum Gasteiger partial charge on any atom is -0.394 e. The number of carbonyl (C=O) groups excluding carboxylic acids is 3. The van der Waals surface area contributed by atoms with E-state index < -0.39 is 28.7 Å². The van der Waals surface area contributed by atoms with Crippen LogP contribution >= 0.6 is 27.7 Å². The molecule has 8 atom stereocenters. The molecule has 0 aromatic rings. The maximum atomic E-state index is 14.7. The molecular formula is C29H45BrN4O5S. The van der Waals surface area contributed by atoms with Crippen molar-refractivity contribution in [2.24, 2.45) is 17.8 Å². The van der Waals surface area contributed by atoms with Crippen molar-refractivity contribution < 1.29 is 24.2 Å². The van der Waals surface area contributed by atoms with Gasteiger partial charge in [0.15, 0.2) is 0 Å². The summed E-state index contributed by atoms with van der Waals surface area (Å²) in [6, 6.07) is -1.27. The summed E-state index contributed by atoms with van der Waals surface area (Å²) >= 11 is 5.47. The summed E-state index contributed by atoms with van der Waals surface area (Å²) in [6.45, 7) is 16.5. The Morgan fingerprint density at radius 2 is 1.93 bits per heavy atom. The number of nitrogens with zero attached hydrogens (tertiary/aromatic N) is 4. The van der Waals surface area contributed by atoms with Gasteiger partial charge in [-0.3, -0.25) is 19.3 Å². The third kappa shape index (κ3) is 5.53. The van der Waals surface area contributed by atoms with E-state index in [1.807, 2.05) is 18.7 Å². The van der Waals surface area contributed by atoms with Gasteiger partial charge in [-0.25, -0.2) is 0 Å². The molecule has 4 aliphatic rings. The van der Waals surface area contributed by atoms with Crippen molar-refractivity contribution in [1.82, 2.24) is 19.6 Å². The van der Waals surface area contributed by atoms with E-state index in [9.17, 15) is 19.5 Å². The highest BCUT2D eigenvalue weighted by atomic mass is 79.9. The Bertz CT molecular complexity index is 980. The molecular weight excluding hydrogens is 596 g/mol. The lowest BCUT2D eigenvalue weighted by molar-refractivity contribution is -0.148. The van der Waals surface area contributed by atoms with Crippen LogP contribution in [0.3, 0.4) is 0 Å². The summed E-state index contributed by atoms with van der Waals surface area (Å²) in [6.07, 6.45) is 4.78. The standard InChI is InChI=1S/C29H45BrN4O5S/c1-6-9-31(5)26(36)22-23-27(37)34(21(18-35)19(4)8-3)25(29(23)17-20(30)24(22)40-29)28(38)33(10-7-2)12-11-32-13-15-39-16-14-32/h6-7,19-25,35H,1-2,8-18H2,3-5H3/t19-,20?,21-,22+,23-,24+,25?,29?/m0/s1. The number of morpholine rings is 1. The van der Waals surface area contributed by atoms with Crippen molar-refractivity contribution in [1.29, 1.82) is 0 Å². The highest BCUT2D eigenvalue weighted by Crippen LogP contribution is 2.68. The number of ether oxygens (including phenoxy) is 1. The summed E-state index contributed by atoms with van der Waals surface area (Å²) in [4.78, 5) is 50.3. The molecule has 4 saturated heterocycles. The van der Waals surface area contributed by atoms with Crippen LogP contribution in [0.25, 0.3) is 0 Å². The van der Waals surface area contributed by atoms with Crippen LogP contribution < -0.4 is 0 Å². The maximum Gasteiger partial charge on any atom is 0.247 e. The molecule has 0 aliphatic carbocycles. The number of hydrogen-bond acceptors (Lipinski definition) is 7. The number of alkyl halides is 1. The predicted molar refractivity (Wildman–Crippen MR) is 161 cm³/mol. The number of aliphatic hydroxyl groups is 1. The van der Waals surface area contributed by atoms with Gasteiger partial charge in [0.2, 0.25) is 17.7 Å². The van der Waals surface area contributed by atoms with Crippen LogP contribution in [0, 0.1) is 17.8 Å². The lowest BCUT2D eigenvalue weighted by Crippen LogP contribution is -2.59. The number of amides is 3. The van der Waals surface area contributed by atoms with Gasteiger partial charge in [-0.05, 0) is 12.3 Å². The highest BCUT2D eigenvalue weighted by molar-refractivity contribution is 9.09. The fraction of sp³-hybridized carbons (Fsp3) is 0.759. The second-order valence-corrected chi connectivity index (χ2v) is 14.3. The molecule has 4 heterocycles. The van der Waals surface area contributed by atoms with E-state index in [2.05, 4.69) is 34.0 Å². The molecule has 2 bridgehead atoms. The SMILES string of the molecule is C=CCN(C)C(=O)[C@H]1[C@@H]2SC3(CC2Br)C(C(=O)N(CC=C)CCN2CCOCC2)N([C@@H](CO)[C@@H](C)CC)C(=O)[C@H]13. The Morgan fingerprint density at radius 1 is 1.25 bits per heavy atom. The second kappa shape index (κ2) is 13.3. The third-order valence-electron chi connectivity index (χ3n) is 9.32. The quantitative estimate of drug-likeness (QED) is 0.243. The molecule has 3 amide bonds. The number of thioether (sulfide) groups is 1. The molecule has 0 aromatic heterocycles. The molecule has 0 aromatic carbocycles. The lowest BCUT2D eigenvalue weighted by Gasteiger charge is -2.41. The maximum absolute atomic E-state index is 14.7. The number of hydrogen-bond donors (Lipinski definition) is 1. The molecule has 0 saturated carbocycles. The van der Waals surface area contributed by atoms with Crippen LogP contribution in [-0.2, 0) is 19.1 Å². The lowest BCUT2D eigenvalue weighted by atomic mass is 9.70. The molecule has 1 N–H and O–H groups in total. The Morgan fingerprint density at radius 3 is 2.52 bits per heavy atom. The number of halogens is 1. The number of likely N-dealkylation sites (tertiary alicyclic amines) is 1. The fourth-order valence-corrected chi connectivity index (χ4v) is 10.6. The van der Waals surface area contributed by atoms with Gasteiger partial charge >= 0.3 is 0 Å². The van der Waals surface area contributed by atoms with Crippen LogP contribution in [0.15, 0.2) is 25.3 Å². The van der Waals surface area contributed by atoms with Crippen LogP contribution in [0.1, 0.15) is 26.7 Å². The van der Waals surface area contributed by atoms with Crippen molar-refractivity contribution in [3.63, 3.8) is 0 Å². The van der Waals surface area contributed by atoms with Gasteiger partial charge in [0.25, 0.3) is 0 Å². The summed E-state index contributed by atoms with van der Waals surface area (Å²) in [5.74, 6) is -1.56. The van der Waals surface area contributed by atoms with E-state index in [-0.39, 0.29) is 40.3 Å². The molecule has 4 aliphatic heterocycles. The van der Waals surface area contributed by atoms with Gasteiger partial charge in [-0.1, -0.05) is 48.4 Å². The summed E-state index contributed by atoms with van der Waals surface area (Å²) in [5.41, 5.74) is 0. The van der Waals surface area contributed by atoms with Crippen LogP contribution in [0.5, 0.6) is 0 Å². The molecule has 4 fully saturated rings. The summed E-state index contributed by atoms with van der Waals surface area (Å²) in [7, 11) is 1.74. The van der Waals surface area contributed by atoms with E-state index in [0.29, 0.717) is 45.8 Å². The average molecular weight is 642 g/mol. The largest absolute Gasteiger partial charge is 0.394 e. The predicted octanol–water partition coefficient (Wildman–Crippen LogP) is 1.85. The molecule has 224 valence electrons. The first-order chi connectivity index (χ1) is 19.2. The van der Waals surface area contributed by atoms with Crippen molar-refractivity contribution in [2.75, 3.05) is 66.1 Å². The molecule has 3 unspecified atom stereocenters. The van der Waals surface area contributed by atoms with Crippen molar-refractivity contribution in [3.8, 4) is 0 Å². The smallest absolute Gasteiger partial charge is 0.247 e. The Kier molecular flexibility index (Phi) is 10.5. The molecule has 4 rings (SSSR count). The van der Waals surface area contributed by atoms with Crippen molar-refractivity contribution in [3.05, 3.63) is 25.3 Å². The van der Waals surface area contributed by atoms with Crippen LogP contribution in [0.2, 0.25) is 0 Å². The van der Waals surface area contributed by atoms with Gasteiger partial charge in [0, 0.05) is 56.4 Å². The number of rotatable bonds is 13. The third-order valence-corrected chi connectivity index (χ3v) is 12.5. The topological polar surface area (TPSA) is 93.6 Å². The minimum absolute atomic E-state index is 0.000241. The molecule has 40 heavy (non-hydrogen) atoms. The second-order valence-electron chi connectivity index (χ2n) is 11.6. The van der Waals surface area contributed by atoms with Crippen LogP contribution in [-0.4, -0.2) is 135 Å². The number of aliphatic hydroxyl groups excluding tert-OH is 1. The first-order valence-corrected chi connectivity index (χ1v) is 16.3. The number of likely N-dealkylation sites (N-methyl/N-ethyl adjacent to an activating group) is 1. The van der Waals surface area contributed by atoms with Gasteiger partial charge < -0.3 is 24.5 Å². The minimum atomic E-state index is -0.765. The Balaban J connectivity index is 1.74. The Labute approximate surface area is 251 Å². The first-order valence-electron chi connectivity index (χ1n) is 14.5. The summed E-state index contributed by atoms with van der Waals surface area (Å²) < 4.78 is 4.73. The number of fused-ring (bicyclic) bond motifs is 1. The van der Waals surface area contributed by atoms with Crippen LogP contribution in [0.4, 0.5) is 0 Å². The van der Waals surface area contributed by atoms with Crippen molar-refractivity contribution in [2.45, 2.75) is 53.6 Å². The first kappa shape index (κ1) is 31.5. The van der Waals surface area contributed by atoms with Crippen molar-refractivity contribution >= 4 is 45.4 Å². The van der Waals surface area contributed by atoms with Gasteiger partial charge in [0.1, 0.15) is 6.04 Å². The normalized spacial score (nSPS) is 33.0. The van der Waals surface area contributed by atoms with Gasteiger partial charge in [-0.2, -0.15) is 0 Å². The monoisotopic (exact) mass is 640 g/mol. The summed E-state index contributed by atoms with van der Waals surface area (Å²) in [5, 5.41) is 10.5. The van der Waals surface area contributed by atoms with E-state index in [1.54, 1.807) is 40.8 Å². The van der Waals surface area contributed by atoms with E-state index in [0.717, 1.165) is 19.5 Å². The molecule has 9 nitrogen and oxygen atoms in total. The number of carbonyl (C=O) groups is 3. The van der Waals surface area contributed by atoms with E-state index in [1.165, 1.54) is 0 Å². The van der Waals surface area contributed by atoms with E-state index in [4.69, 9.17) is 4.74 Å². The fourth-order valence-electron chi connectivity index (χ4n) is 7.05. The molecule has 1 spiro atoms. The molecule has 0 radical (unpaired) electrons. The van der Waals surface area contributed by atoms with E-state index >= 15 is 0 Å². The average Bonchev–Trinajstić information content (AvgIpc) is 3.54. The zero-order chi connectivity index (χ0) is 29.2. The zero-order valence-electron chi connectivity index (χ0n) is 24.0.